The van der Waals surface area contributed by atoms with Crippen LogP contribution in [0.4, 0.5) is 0 Å². The van der Waals surface area contributed by atoms with Crippen molar-refractivity contribution in [1.82, 2.24) is 24.9 Å². The Balaban J connectivity index is 1.54. The molecule has 9 nitrogen and oxygen atoms in total. The molecule has 0 aliphatic carbocycles. The number of carbonyl (C=O) groups excluding carboxylic acids is 2. The summed E-state index contributed by atoms with van der Waals surface area (Å²) in [5.41, 5.74) is 3.11. The van der Waals surface area contributed by atoms with Crippen LogP contribution in [0.5, 0.6) is 0 Å². The molecule has 186 valence electrons. The molecule has 1 aromatic heterocycles. The molecule has 2 heterocycles. The van der Waals surface area contributed by atoms with E-state index >= 15 is 0 Å². The van der Waals surface area contributed by atoms with E-state index in [-0.39, 0.29) is 24.8 Å². The summed E-state index contributed by atoms with van der Waals surface area (Å²) in [6, 6.07) is 9.67. The van der Waals surface area contributed by atoms with Gasteiger partial charge in [0.25, 0.3) is 11.8 Å². The zero-order valence-corrected chi connectivity index (χ0v) is 21.2. The fourth-order valence-electron chi connectivity index (χ4n) is 4.21. The van der Waals surface area contributed by atoms with Gasteiger partial charge in [0, 0.05) is 35.8 Å². The summed E-state index contributed by atoms with van der Waals surface area (Å²) in [7, 11) is -3.39. The van der Waals surface area contributed by atoms with Crippen LogP contribution in [0.25, 0.3) is 11.0 Å². The normalized spacial score (nSPS) is 14.9. The SMILES string of the molecule is Cc1cc(C(=O)N[C@@H](CCNS(C)(=O)=O)c2nc3cc(Cl)ccc3[nH]2)ccc1C(=O)N1CCCC1. The van der Waals surface area contributed by atoms with E-state index in [0.717, 1.165) is 43.3 Å². The number of likely N-dealkylation sites (tertiary alicyclic amines) is 1. The van der Waals surface area contributed by atoms with Crippen molar-refractivity contribution in [2.45, 2.75) is 32.2 Å². The van der Waals surface area contributed by atoms with Gasteiger partial charge in [0.2, 0.25) is 10.0 Å². The average Bonchev–Trinajstić information content (AvgIpc) is 3.47. The molecular formula is C24H28ClN5O4S. The molecule has 1 aliphatic heterocycles. The molecule has 1 saturated heterocycles. The number of aromatic amines is 1. The van der Waals surface area contributed by atoms with Crippen LogP contribution in [0.15, 0.2) is 36.4 Å². The molecule has 0 bridgehead atoms. The Labute approximate surface area is 209 Å². The van der Waals surface area contributed by atoms with Crippen molar-refractivity contribution in [3.05, 3.63) is 63.9 Å². The van der Waals surface area contributed by atoms with Crippen molar-refractivity contribution in [2.75, 3.05) is 25.9 Å². The highest BCUT2D eigenvalue weighted by atomic mass is 35.5. The third-order valence-electron chi connectivity index (χ3n) is 6.01. The Morgan fingerprint density at radius 1 is 1.17 bits per heavy atom. The predicted octanol–water partition coefficient (Wildman–Crippen LogP) is 3.17. The number of rotatable bonds is 8. The first-order chi connectivity index (χ1) is 16.6. The lowest BCUT2D eigenvalue weighted by molar-refractivity contribution is 0.0791. The number of fused-ring (bicyclic) bond motifs is 1. The standard InChI is InChI=1S/C24H28ClN5O4S/c1-15-13-16(5-7-18(15)24(32)30-11-3-4-12-30)23(31)29-20(9-10-26-35(2,33)34)22-27-19-8-6-17(25)14-21(19)28-22/h5-8,13-14,20,26H,3-4,9-12H2,1-2H3,(H,27,28)(H,29,31)/t20-/m0/s1. The molecule has 1 aliphatic rings. The molecule has 35 heavy (non-hydrogen) atoms. The van der Waals surface area contributed by atoms with Gasteiger partial charge >= 0.3 is 0 Å². The van der Waals surface area contributed by atoms with E-state index in [1.807, 2.05) is 11.8 Å². The van der Waals surface area contributed by atoms with E-state index in [0.29, 0.717) is 27.5 Å². The maximum Gasteiger partial charge on any atom is 0.254 e. The van der Waals surface area contributed by atoms with Crippen molar-refractivity contribution < 1.29 is 18.0 Å². The summed E-state index contributed by atoms with van der Waals surface area (Å²) >= 11 is 6.07. The molecular weight excluding hydrogens is 490 g/mol. The lowest BCUT2D eigenvalue weighted by Crippen LogP contribution is -2.33. The molecule has 3 aromatic rings. The second kappa shape index (κ2) is 10.3. The van der Waals surface area contributed by atoms with Gasteiger partial charge in [-0.3, -0.25) is 9.59 Å². The van der Waals surface area contributed by atoms with E-state index in [2.05, 4.69) is 20.0 Å². The Bertz CT molecular complexity index is 1370. The molecule has 2 aromatic carbocycles. The van der Waals surface area contributed by atoms with Crippen molar-refractivity contribution in [2.24, 2.45) is 0 Å². The van der Waals surface area contributed by atoms with Crippen molar-refractivity contribution in [3.8, 4) is 0 Å². The first-order valence-electron chi connectivity index (χ1n) is 11.4. The number of carbonyl (C=O) groups is 2. The number of H-pyrrole nitrogens is 1. The Morgan fingerprint density at radius 3 is 2.60 bits per heavy atom. The monoisotopic (exact) mass is 517 g/mol. The van der Waals surface area contributed by atoms with Gasteiger partial charge in [-0.2, -0.15) is 0 Å². The van der Waals surface area contributed by atoms with Crippen LogP contribution in [0, 0.1) is 6.92 Å². The minimum absolute atomic E-state index is 0.0161. The van der Waals surface area contributed by atoms with E-state index in [9.17, 15) is 18.0 Å². The number of halogens is 1. The molecule has 0 spiro atoms. The van der Waals surface area contributed by atoms with Gasteiger partial charge in [0.05, 0.1) is 23.3 Å². The zero-order chi connectivity index (χ0) is 25.2. The maximum atomic E-state index is 13.1. The number of benzene rings is 2. The first-order valence-corrected chi connectivity index (χ1v) is 13.7. The second-order valence-corrected chi connectivity index (χ2v) is 11.1. The number of sulfonamides is 1. The second-order valence-electron chi connectivity index (χ2n) is 8.79. The summed E-state index contributed by atoms with van der Waals surface area (Å²) in [4.78, 5) is 35.5. The molecule has 0 radical (unpaired) electrons. The number of nitrogens with one attached hydrogen (secondary N) is 3. The Kier molecular flexibility index (Phi) is 7.44. The number of hydrogen-bond donors (Lipinski definition) is 3. The highest BCUT2D eigenvalue weighted by Gasteiger charge is 2.23. The summed E-state index contributed by atoms with van der Waals surface area (Å²) in [6.45, 7) is 3.44. The van der Waals surface area contributed by atoms with Crippen LogP contribution in [-0.2, 0) is 10.0 Å². The molecule has 4 rings (SSSR count). The molecule has 1 fully saturated rings. The van der Waals surface area contributed by atoms with Crippen LogP contribution >= 0.6 is 11.6 Å². The van der Waals surface area contributed by atoms with Gasteiger partial charge < -0.3 is 15.2 Å². The number of imidazole rings is 1. The van der Waals surface area contributed by atoms with E-state index in [4.69, 9.17) is 11.6 Å². The quantitative estimate of drug-likeness (QED) is 0.423. The highest BCUT2D eigenvalue weighted by molar-refractivity contribution is 7.88. The topological polar surface area (TPSA) is 124 Å². The maximum absolute atomic E-state index is 13.1. The third kappa shape index (κ3) is 6.19. The van der Waals surface area contributed by atoms with Crippen LogP contribution in [0.2, 0.25) is 5.02 Å². The van der Waals surface area contributed by atoms with Crippen LogP contribution < -0.4 is 10.0 Å². The van der Waals surface area contributed by atoms with Gasteiger partial charge in [0.1, 0.15) is 5.82 Å². The summed E-state index contributed by atoms with van der Waals surface area (Å²) in [5, 5.41) is 3.48. The van der Waals surface area contributed by atoms with Crippen LogP contribution in [0.1, 0.15) is 57.4 Å². The van der Waals surface area contributed by atoms with E-state index in [1.165, 1.54) is 0 Å². The number of nitrogens with zero attached hydrogens (tertiary/aromatic N) is 2. The average molecular weight is 518 g/mol. The largest absolute Gasteiger partial charge is 0.342 e. The van der Waals surface area contributed by atoms with Crippen molar-refractivity contribution >= 4 is 44.5 Å². The molecule has 3 N–H and O–H groups in total. The highest BCUT2D eigenvalue weighted by Crippen LogP contribution is 2.23. The van der Waals surface area contributed by atoms with Gasteiger partial charge in [-0.15, -0.1) is 0 Å². The summed E-state index contributed by atoms with van der Waals surface area (Å²) < 4.78 is 25.5. The lowest BCUT2D eigenvalue weighted by atomic mass is 10.0. The Hall–Kier alpha value is -2.95. The van der Waals surface area contributed by atoms with Crippen LogP contribution in [0.3, 0.4) is 0 Å². The Morgan fingerprint density at radius 2 is 1.91 bits per heavy atom. The number of amides is 2. The minimum atomic E-state index is -3.39. The number of aryl methyl sites for hydroxylation is 1. The van der Waals surface area contributed by atoms with Gasteiger partial charge in [0.15, 0.2) is 0 Å². The third-order valence-corrected chi connectivity index (χ3v) is 6.97. The van der Waals surface area contributed by atoms with Crippen LogP contribution in [-0.4, -0.2) is 61.0 Å². The predicted molar refractivity (Wildman–Crippen MR) is 135 cm³/mol. The molecule has 1 atom stereocenters. The minimum Gasteiger partial charge on any atom is -0.342 e. The van der Waals surface area contributed by atoms with Crippen molar-refractivity contribution in [1.29, 1.82) is 0 Å². The zero-order valence-electron chi connectivity index (χ0n) is 19.6. The fraction of sp³-hybridized carbons (Fsp3) is 0.375. The summed E-state index contributed by atoms with van der Waals surface area (Å²) in [5.74, 6) is 0.122. The molecule has 2 amide bonds. The van der Waals surface area contributed by atoms with Gasteiger partial charge in [-0.25, -0.2) is 18.1 Å². The molecule has 0 unspecified atom stereocenters. The van der Waals surface area contributed by atoms with Crippen molar-refractivity contribution in [3.63, 3.8) is 0 Å². The smallest absolute Gasteiger partial charge is 0.254 e. The number of hydrogen-bond acceptors (Lipinski definition) is 5. The van der Waals surface area contributed by atoms with Gasteiger partial charge in [-0.1, -0.05) is 11.6 Å². The van der Waals surface area contributed by atoms with Gasteiger partial charge in [-0.05, 0) is 68.1 Å². The fourth-order valence-corrected chi connectivity index (χ4v) is 4.86. The molecule has 11 heteroatoms. The molecule has 0 saturated carbocycles. The first kappa shape index (κ1) is 25.2. The lowest BCUT2D eigenvalue weighted by Gasteiger charge is -2.19. The van der Waals surface area contributed by atoms with E-state index < -0.39 is 16.1 Å². The number of aromatic nitrogens is 2. The van der Waals surface area contributed by atoms with E-state index in [1.54, 1.807) is 36.4 Å². The summed E-state index contributed by atoms with van der Waals surface area (Å²) in [6.07, 6.45) is 3.37.